The minimum atomic E-state index is -0.857. The number of hydrogen-bond donors (Lipinski definition) is 2. The molecule has 1 aliphatic rings. The lowest BCUT2D eigenvalue weighted by Gasteiger charge is -2.17. The van der Waals surface area contributed by atoms with Crippen LogP contribution in [0.3, 0.4) is 0 Å². The fraction of sp³-hybridized carbons (Fsp3) is 0.421. The van der Waals surface area contributed by atoms with Crippen molar-refractivity contribution in [3.8, 4) is 5.69 Å². The fourth-order valence-electron chi connectivity index (χ4n) is 3.61. The SMILES string of the molecule is Cc1nn(-c2ccc(F)cc2)c(C)c1CC(=O)N[C@@H]1CCC[C@@H]1C(=O)O. The molecule has 0 radical (unpaired) electrons. The number of aliphatic carboxylic acids is 1. The van der Waals surface area contributed by atoms with Gasteiger partial charge in [0.2, 0.25) is 5.91 Å². The van der Waals surface area contributed by atoms with Gasteiger partial charge in [0.05, 0.1) is 23.7 Å². The molecule has 0 aliphatic heterocycles. The van der Waals surface area contributed by atoms with Crippen LogP contribution in [0.1, 0.15) is 36.2 Å². The predicted octanol–water partition coefficient (Wildman–Crippen LogP) is 2.54. The van der Waals surface area contributed by atoms with Crippen molar-refractivity contribution < 1.29 is 19.1 Å². The van der Waals surface area contributed by atoms with Gasteiger partial charge in [-0.25, -0.2) is 9.07 Å². The second kappa shape index (κ2) is 7.27. The summed E-state index contributed by atoms with van der Waals surface area (Å²) in [4.78, 5) is 23.7. The monoisotopic (exact) mass is 359 g/mol. The van der Waals surface area contributed by atoms with Crippen molar-refractivity contribution in [3.05, 3.63) is 47.0 Å². The molecular weight excluding hydrogens is 337 g/mol. The van der Waals surface area contributed by atoms with E-state index < -0.39 is 11.9 Å². The van der Waals surface area contributed by atoms with Crippen molar-refractivity contribution in [2.24, 2.45) is 5.92 Å². The minimum Gasteiger partial charge on any atom is -0.481 e. The Labute approximate surface area is 151 Å². The first-order valence-corrected chi connectivity index (χ1v) is 8.70. The average Bonchev–Trinajstić information content (AvgIpc) is 3.15. The van der Waals surface area contributed by atoms with Gasteiger partial charge in [0.25, 0.3) is 0 Å². The van der Waals surface area contributed by atoms with Gasteiger partial charge in [-0.2, -0.15) is 5.10 Å². The van der Waals surface area contributed by atoms with Gasteiger partial charge >= 0.3 is 5.97 Å². The number of nitrogens with one attached hydrogen (secondary N) is 1. The summed E-state index contributed by atoms with van der Waals surface area (Å²) in [6.45, 7) is 3.69. The Hall–Kier alpha value is -2.70. The topological polar surface area (TPSA) is 84.2 Å². The van der Waals surface area contributed by atoms with Crippen LogP contribution in [0.15, 0.2) is 24.3 Å². The first-order chi connectivity index (χ1) is 12.4. The van der Waals surface area contributed by atoms with Crippen LogP contribution in [0.5, 0.6) is 0 Å². The number of carbonyl (C=O) groups is 2. The third-order valence-corrected chi connectivity index (χ3v) is 5.03. The van der Waals surface area contributed by atoms with Gasteiger partial charge in [0, 0.05) is 17.3 Å². The number of rotatable bonds is 5. The van der Waals surface area contributed by atoms with Crippen molar-refractivity contribution in [2.75, 3.05) is 0 Å². The smallest absolute Gasteiger partial charge is 0.308 e. The van der Waals surface area contributed by atoms with Gasteiger partial charge in [-0.3, -0.25) is 9.59 Å². The number of benzene rings is 1. The molecule has 1 aromatic heterocycles. The Morgan fingerprint density at radius 3 is 2.62 bits per heavy atom. The van der Waals surface area contributed by atoms with E-state index in [-0.39, 0.29) is 24.2 Å². The summed E-state index contributed by atoms with van der Waals surface area (Å²) in [5, 5.41) is 16.6. The van der Waals surface area contributed by atoms with Crippen molar-refractivity contribution in [1.29, 1.82) is 0 Å². The normalized spacial score (nSPS) is 19.5. The molecule has 1 heterocycles. The van der Waals surface area contributed by atoms with Crippen LogP contribution >= 0.6 is 0 Å². The summed E-state index contributed by atoms with van der Waals surface area (Å²) in [6, 6.07) is 5.69. The van der Waals surface area contributed by atoms with E-state index in [4.69, 9.17) is 0 Å². The second-order valence-electron chi connectivity index (χ2n) is 6.76. The maximum absolute atomic E-state index is 13.1. The lowest BCUT2D eigenvalue weighted by atomic mass is 10.0. The van der Waals surface area contributed by atoms with Crippen LogP contribution in [0.4, 0.5) is 4.39 Å². The molecule has 0 spiro atoms. The fourth-order valence-corrected chi connectivity index (χ4v) is 3.61. The Morgan fingerprint density at radius 2 is 1.96 bits per heavy atom. The molecule has 138 valence electrons. The highest BCUT2D eigenvalue weighted by Crippen LogP contribution is 2.26. The Morgan fingerprint density at radius 1 is 1.27 bits per heavy atom. The van der Waals surface area contributed by atoms with E-state index in [1.165, 1.54) is 12.1 Å². The summed E-state index contributed by atoms with van der Waals surface area (Å²) >= 11 is 0. The first kappa shape index (κ1) is 18.1. The number of amides is 1. The van der Waals surface area contributed by atoms with Crippen molar-refractivity contribution in [3.63, 3.8) is 0 Å². The number of aromatic nitrogens is 2. The molecule has 1 fully saturated rings. The lowest BCUT2D eigenvalue weighted by Crippen LogP contribution is -2.41. The van der Waals surface area contributed by atoms with E-state index >= 15 is 0 Å². The molecule has 0 unspecified atom stereocenters. The molecule has 2 aromatic rings. The maximum atomic E-state index is 13.1. The highest BCUT2D eigenvalue weighted by molar-refractivity contribution is 5.81. The number of halogens is 1. The van der Waals surface area contributed by atoms with Gasteiger partial charge in [-0.15, -0.1) is 0 Å². The van der Waals surface area contributed by atoms with Gasteiger partial charge in [-0.05, 0) is 51.0 Å². The number of carboxylic acid groups (broad SMARTS) is 1. The lowest BCUT2D eigenvalue weighted by molar-refractivity contribution is -0.142. The average molecular weight is 359 g/mol. The number of nitrogens with zero attached hydrogens (tertiary/aromatic N) is 2. The molecule has 1 saturated carbocycles. The van der Waals surface area contributed by atoms with E-state index in [1.54, 1.807) is 16.8 Å². The second-order valence-corrected chi connectivity index (χ2v) is 6.76. The van der Waals surface area contributed by atoms with Crippen LogP contribution in [-0.2, 0) is 16.0 Å². The van der Waals surface area contributed by atoms with Crippen LogP contribution in [0.2, 0.25) is 0 Å². The van der Waals surface area contributed by atoms with E-state index in [0.29, 0.717) is 12.8 Å². The molecule has 6 nitrogen and oxygen atoms in total. The first-order valence-electron chi connectivity index (χ1n) is 8.70. The van der Waals surface area contributed by atoms with Gasteiger partial charge in [0.1, 0.15) is 5.82 Å². The number of carboxylic acids is 1. The van der Waals surface area contributed by atoms with E-state index in [9.17, 15) is 19.1 Å². The number of carbonyl (C=O) groups excluding carboxylic acids is 1. The summed E-state index contributed by atoms with van der Waals surface area (Å²) in [6.07, 6.45) is 2.24. The molecule has 0 bridgehead atoms. The standard InChI is InChI=1S/C19H22FN3O3/c1-11-16(10-18(24)21-17-5-3-4-15(17)19(25)26)12(2)23(22-11)14-8-6-13(20)7-9-14/h6-9,15,17H,3-5,10H2,1-2H3,(H,21,24)(H,25,26)/t15-,17+/m0/s1. The van der Waals surface area contributed by atoms with Crippen LogP contribution in [-0.4, -0.2) is 32.8 Å². The largest absolute Gasteiger partial charge is 0.481 e. The van der Waals surface area contributed by atoms with Crippen molar-refractivity contribution in [2.45, 2.75) is 45.6 Å². The molecule has 1 aliphatic carbocycles. The summed E-state index contributed by atoms with van der Waals surface area (Å²) < 4.78 is 14.8. The van der Waals surface area contributed by atoms with Crippen LogP contribution < -0.4 is 5.32 Å². The molecule has 2 N–H and O–H groups in total. The Kier molecular flexibility index (Phi) is 5.06. The predicted molar refractivity (Wildman–Crippen MR) is 93.6 cm³/mol. The zero-order chi connectivity index (χ0) is 18.8. The molecular formula is C19H22FN3O3. The zero-order valence-corrected chi connectivity index (χ0v) is 14.8. The molecule has 3 rings (SSSR count). The molecule has 7 heteroatoms. The summed E-state index contributed by atoms with van der Waals surface area (Å²) in [7, 11) is 0. The highest BCUT2D eigenvalue weighted by atomic mass is 19.1. The number of hydrogen-bond acceptors (Lipinski definition) is 3. The third kappa shape index (κ3) is 3.61. The van der Waals surface area contributed by atoms with Gasteiger partial charge in [-0.1, -0.05) is 6.42 Å². The zero-order valence-electron chi connectivity index (χ0n) is 14.8. The third-order valence-electron chi connectivity index (χ3n) is 5.03. The van der Waals surface area contributed by atoms with E-state index in [2.05, 4.69) is 10.4 Å². The minimum absolute atomic E-state index is 0.141. The molecule has 26 heavy (non-hydrogen) atoms. The Bertz CT molecular complexity index is 829. The van der Waals surface area contributed by atoms with E-state index in [1.807, 2.05) is 13.8 Å². The van der Waals surface area contributed by atoms with Crippen LogP contribution in [0, 0.1) is 25.6 Å². The number of aryl methyl sites for hydroxylation is 1. The van der Waals surface area contributed by atoms with Gasteiger partial charge < -0.3 is 10.4 Å². The van der Waals surface area contributed by atoms with Crippen molar-refractivity contribution in [1.82, 2.24) is 15.1 Å². The highest BCUT2D eigenvalue weighted by Gasteiger charge is 2.34. The summed E-state index contributed by atoms with van der Waals surface area (Å²) in [5.41, 5.74) is 3.06. The van der Waals surface area contributed by atoms with E-state index in [0.717, 1.165) is 29.1 Å². The maximum Gasteiger partial charge on any atom is 0.308 e. The van der Waals surface area contributed by atoms with Gasteiger partial charge in [0.15, 0.2) is 0 Å². The van der Waals surface area contributed by atoms with Crippen molar-refractivity contribution >= 4 is 11.9 Å². The quantitative estimate of drug-likeness (QED) is 0.859. The van der Waals surface area contributed by atoms with Crippen LogP contribution in [0.25, 0.3) is 5.69 Å². The molecule has 1 aromatic carbocycles. The Balaban J connectivity index is 1.75. The molecule has 1 amide bonds. The summed E-state index contributed by atoms with van der Waals surface area (Å²) in [5.74, 6) is -1.89. The molecule has 0 saturated heterocycles. The molecule has 2 atom stereocenters.